The summed E-state index contributed by atoms with van der Waals surface area (Å²) < 4.78 is 5.50. The molecule has 238 valence electrons. The van der Waals surface area contributed by atoms with E-state index >= 15 is 0 Å². The smallest absolute Gasteiger partial charge is 0.408 e. The lowest BCUT2D eigenvalue weighted by atomic mass is 9.94. The summed E-state index contributed by atoms with van der Waals surface area (Å²) >= 11 is 6.51. The summed E-state index contributed by atoms with van der Waals surface area (Å²) in [7, 11) is 0. The molecule has 2 aromatic rings. The monoisotopic (exact) mass is 613 g/mol. The van der Waals surface area contributed by atoms with Crippen molar-refractivity contribution in [2.45, 2.75) is 119 Å². The van der Waals surface area contributed by atoms with Crippen LogP contribution in [0.25, 0.3) is 0 Å². The largest absolute Gasteiger partial charge is 0.444 e. The number of amides is 3. The van der Waals surface area contributed by atoms with E-state index in [2.05, 4.69) is 17.6 Å². The molecule has 0 aliphatic carbocycles. The number of ether oxygens (including phenoxy) is 1. The Morgan fingerprint density at radius 3 is 2.16 bits per heavy atom. The van der Waals surface area contributed by atoms with E-state index in [9.17, 15) is 14.4 Å². The van der Waals surface area contributed by atoms with Crippen molar-refractivity contribution < 1.29 is 19.1 Å². The summed E-state index contributed by atoms with van der Waals surface area (Å²) in [4.78, 5) is 43.3. The summed E-state index contributed by atoms with van der Waals surface area (Å²) in [6, 6.07) is 9.50. The van der Waals surface area contributed by atoms with Gasteiger partial charge in [-0.15, -0.1) is 0 Å². The highest BCUT2D eigenvalue weighted by Crippen LogP contribution is 2.32. The molecule has 3 amide bonds. The summed E-state index contributed by atoms with van der Waals surface area (Å²) in [5.41, 5.74) is 3.30. The fourth-order valence-corrected chi connectivity index (χ4v) is 5.39. The molecule has 43 heavy (non-hydrogen) atoms. The van der Waals surface area contributed by atoms with Crippen LogP contribution in [-0.4, -0.2) is 41.0 Å². The average Bonchev–Trinajstić information content (AvgIpc) is 2.90. The number of rotatable bonds is 14. The van der Waals surface area contributed by atoms with Gasteiger partial charge in [-0.2, -0.15) is 0 Å². The fraction of sp³-hybridized carbons (Fsp3) is 0.571. The zero-order chi connectivity index (χ0) is 32.3. The first-order valence-corrected chi connectivity index (χ1v) is 16.0. The molecular formula is C35H52ClN3O4. The number of halogens is 1. The van der Waals surface area contributed by atoms with Gasteiger partial charge in [0.2, 0.25) is 5.91 Å². The summed E-state index contributed by atoms with van der Waals surface area (Å²) in [5.74, 6) is -0.937. The molecule has 8 heteroatoms. The van der Waals surface area contributed by atoms with Crippen molar-refractivity contribution in [2.75, 3.05) is 11.9 Å². The number of para-hydroxylation sites is 1. The van der Waals surface area contributed by atoms with Crippen molar-refractivity contribution in [1.82, 2.24) is 10.2 Å². The van der Waals surface area contributed by atoms with Crippen molar-refractivity contribution in [3.8, 4) is 0 Å². The number of benzene rings is 2. The highest BCUT2D eigenvalue weighted by Gasteiger charge is 2.38. The van der Waals surface area contributed by atoms with Gasteiger partial charge >= 0.3 is 6.09 Å². The first kappa shape index (κ1) is 36.1. The van der Waals surface area contributed by atoms with Crippen molar-refractivity contribution in [2.24, 2.45) is 5.92 Å². The number of hydrogen-bond donors (Lipinski definition) is 2. The maximum atomic E-state index is 14.5. The number of nitrogens with one attached hydrogen (secondary N) is 2. The third kappa shape index (κ3) is 11.2. The van der Waals surface area contributed by atoms with Crippen molar-refractivity contribution in [3.63, 3.8) is 0 Å². The maximum Gasteiger partial charge on any atom is 0.408 e. The molecule has 0 saturated heterocycles. The number of unbranched alkanes of at least 4 members (excludes halogenated alkanes) is 5. The van der Waals surface area contributed by atoms with Crippen LogP contribution in [0.2, 0.25) is 5.02 Å². The van der Waals surface area contributed by atoms with E-state index in [-0.39, 0.29) is 17.7 Å². The minimum atomic E-state index is -0.943. The SMILES string of the molecule is CCCCCCCCN(C(=O)C(NC(=O)OC(C)(C)C)C(C)C)C(C(=O)Nc1c(C)cccc1Cl)c1ccc(C)cc1C. The molecule has 2 N–H and O–H groups in total. The molecule has 0 spiro atoms. The summed E-state index contributed by atoms with van der Waals surface area (Å²) in [5, 5.41) is 6.26. The normalized spacial score (nSPS) is 12.9. The summed E-state index contributed by atoms with van der Waals surface area (Å²) in [6.07, 6.45) is 5.49. The quantitative estimate of drug-likeness (QED) is 0.209. The number of anilines is 1. The van der Waals surface area contributed by atoms with Crippen LogP contribution >= 0.6 is 11.6 Å². The van der Waals surface area contributed by atoms with Gasteiger partial charge in [-0.25, -0.2) is 4.79 Å². The second-order valence-electron chi connectivity index (χ2n) is 12.9. The maximum absolute atomic E-state index is 14.5. The Morgan fingerprint density at radius 1 is 0.930 bits per heavy atom. The first-order valence-electron chi connectivity index (χ1n) is 15.6. The lowest BCUT2D eigenvalue weighted by Gasteiger charge is -2.36. The molecule has 0 aliphatic rings. The van der Waals surface area contributed by atoms with E-state index in [4.69, 9.17) is 16.3 Å². The number of carbonyl (C=O) groups is 3. The number of hydrogen-bond acceptors (Lipinski definition) is 4. The van der Waals surface area contributed by atoms with E-state index in [0.717, 1.165) is 54.4 Å². The molecule has 0 fully saturated rings. The summed E-state index contributed by atoms with van der Waals surface area (Å²) in [6.45, 7) is 17.5. The standard InChI is InChI=1S/C35H52ClN3O4/c1-10-11-12-13-14-15-21-39(33(41)29(23(2)3)38-34(42)43-35(7,8)9)31(27-20-19-24(4)22-26(27)6)32(40)37-30-25(5)17-16-18-28(30)36/h16-20,22-23,29,31H,10-15,21H2,1-9H3,(H,37,40)(H,38,42). The number of carbonyl (C=O) groups excluding carboxylic acids is 3. The molecule has 0 aliphatic heterocycles. The average molecular weight is 614 g/mol. The Balaban J connectivity index is 2.59. The third-order valence-electron chi connectivity index (χ3n) is 7.39. The van der Waals surface area contributed by atoms with Gasteiger partial charge in [-0.1, -0.05) is 100 Å². The van der Waals surface area contributed by atoms with E-state index < -0.39 is 23.8 Å². The molecular weight excluding hydrogens is 562 g/mol. The Kier molecular flexibility index (Phi) is 14.0. The van der Waals surface area contributed by atoms with Gasteiger partial charge in [0.1, 0.15) is 17.7 Å². The molecule has 2 atom stereocenters. The highest BCUT2D eigenvalue weighted by molar-refractivity contribution is 6.34. The molecule has 7 nitrogen and oxygen atoms in total. The minimum absolute atomic E-state index is 0.249. The Hall–Kier alpha value is -3.06. The molecule has 0 bridgehead atoms. The van der Waals surface area contributed by atoms with Crippen molar-refractivity contribution in [3.05, 3.63) is 63.7 Å². The topological polar surface area (TPSA) is 87.7 Å². The lowest BCUT2D eigenvalue weighted by molar-refractivity contribution is -0.141. The predicted octanol–water partition coefficient (Wildman–Crippen LogP) is 8.68. The van der Waals surface area contributed by atoms with E-state index in [1.54, 1.807) is 31.7 Å². The van der Waals surface area contributed by atoms with Crippen molar-refractivity contribution >= 4 is 35.2 Å². The third-order valence-corrected chi connectivity index (χ3v) is 7.71. The molecule has 2 unspecified atom stereocenters. The predicted molar refractivity (Wildman–Crippen MR) is 177 cm³/mol. The van der Waals surface area contributed by atoms with E-state index in [1.807, 2.05) is 65.0 Å². The number of nitrogens with zero attached hydrogens (tertiary/aromatic N) is 1. The number of alkyl carbamates (subject to hydrolysis) is 1. The van der Waals surface area contributed by atoms with Crippen LogP contribution in [0.5, 0.6) is 0 Å². The van der Waals surface area contributed by atoms with Gasteiger partial charge in [-0.05, 0) is 76.6 Å². The van der Waals surface area contributed by atoms with E-state index in [1.165, 1.54) is 6.42 Å². The molecule has 0 saturated carbocycles. The lowest BCUT2D eigenvalue weighted by Crippen LogP contribution is -2.54. The zero-order valence-electron chi connectivity index (χ0n) is 27.6. The fourth-order valence-electron chi connectivity index (χ4n) is 5.12. The Labute approximate surface area is 264 Å². The zero-order valence-corrected chi connectivity index (χ0v) is 28.4. The second kappa shape index (κ2) is 16.7. The Morgan fingerprint density at radius 2 is 1.58 bits per heavy atom. The molecule has 2 rings (SSSR count). The van der Waals surface area contributed by atoms with Gasteiger partial charge < -0.3 is 20.3 Å². The van der Waals surface area contributed by atoms with Crippen LogP contribution in [0.4, 0.5) is 10.5 Å². The van der Waals surface area contributed by atoms with Crippen molar-refractivity contribution in [1.29, 1.82) is 0 Å². The molecule has 0 radical (unpaired) electrons. The van der Waals surface area contributed by atoms with Crippen LogP contribution in [0.1, 0.15) is 108 Å². The second-order valence-corrected chi connectivity index (χ2v) is 13.3. The van der Waals surface area contributed by atoms with Crippen LogP contribution < -0.4 is 10.6 Å². The van der Waals surface area contributed by atoms with Gasteiger partial charge in [0, 0.05) is 6.54 Å². The Bertz CT molecular complexity index is 1220. The molecule has 2 aromatic carbocycles. The van der Waals surface area contributed by atoms with Gasteiger partial charge in [0.05, 0.1) is 10.7 Å². The van der Waals surface area contributed by atoms with Crippen LogP contribution in [-0.2, 0) is 14.3 Å². The van der Waals surface area contributed by atoms with Crippen LogP contribution in [0, 0.1) is 26.7 Å². The van der Waals surface area contributed by atoms with Gasteiger partial charge in [0.25, 0.3) is 5.91 Å². The molecule has 0 aromatic heterocycles. The molecule has 0 heterocycles. The van der Waals surface area contributed by atoms with Gasteiger partial charge in [-0.3, -0.25) is 9.59 Å². The number of aryl methyl sites for hydroxylation is 3. The van der Waals surface area contributed by atoms with Crippen LogP contribution in [0.3, 0.4) is 0 Å². The van der Waals surface area contributed by atoms with E-state index in [0.29, 0.717) is 17.3 Å². The highest BCUT2D eigenvalue weighted by atomic mass is 35.5. The minimum Gasteiger partial charge on any atom is -0.444 e. The van der Waals surface area contributed by atoms with Gasteiger partial charge in [0.15, 0.2) is 0 Å². The first-order chi connectivity index (χ1) is 20.2. The van der Waals surface area contributed by atoms with Crippen LogP contribution in [0.15, 0.2) is 36.4 Å².